The van der Waals surface area contributed by atoms with Gasteiger partial charge in [-0.1, -0.05) is 18.2 Å². The molecule has 0 saturated heterocycles. The molecule has 0 unspecified atom stereocenters. The summed E-state index contributed by atoms with van der Waals surface area (Å²) in [4.78, 5) is 11.2. The molecule has 10 heteroatoms. The van der Waals surface area contributed by atoms with Gasteiger partial charge in [-0.15, -0.1) is 0 Å². The number of rotatable bonds is 6. The molecule has 0 atom stereocenters. The predicted molar refractivity (Wildman–Crippen MR) is 109 cm³/mol. The highest BCUT2D eigenvalue weighted by Crippen LogP contribution is 2.31. The molecule has 0 aliphatic heterocycles. The second-order valence-electron chi connectivity index (χ2n) is 7.09. The molecule has 0 saturated carbocycles. The van der Waals surface area contributed by atoms with Crippen LogP contribution in [0.4, 0.5) is 17.6 Å². The fourth-order valence-electron chi connectivity index (χ4n) is 3.21. The molecule has 3 rings (SSSR count). The van der Waals surface area contributed by atoms with Gasteiger partial charge in [0.1, 0.15) is 18.2 Å². The van der Waals surface area contributed by atoms with Crippen LogP contribution in [0, 0.1) is 12.7 Å². The van der Waals surface area contributed by atoms with Crippen molar-refractivity contribution in [2.45, 2.75) is 32.4 Å². The highest BCUT2D eigenvalue weighted by molar-refractivity contribution is 7.88. The zero-order valence-electron chi connectivity index (χ0n) is 17.0. The molecular weight excluding hydrogens is 452 g/mol. The number of benzene rings is 3. The lowest BCUT2D eigenvalue weighted by Crippen LogP contribution is -2.28. The van der Waals surface area contributed by atoms with Crippen molar-refractivity contribution in [1.82, 2.24) is 0 Å². The largest absolute Gasteiger partial charge is 0.534 e. The monoisotopic (exact) mass is 470 g/mol. The first kappa shape index (κ1) is 23.5. The molecule has 0 bridgehead atoms. The number of alkyl halides is 3. The molecule has 0 heterocycles. The van der Waals surface area contributed by atoms with Crippen molar-refractivity contribution in [3.63, 3.8) is 0 Å². The van der Waals surface area contributed by atoms with Crippen molar-refractivity contribution in [2.24, 2.45) is 0 Å². The molecule has 0 spiro atoms. The maximum absolute atomic E-state index is 13.9. The van der Waals surface area contributed by atoms with Gasteiger partial charge in [0.2, 0.25) is 0 Å². The molecule has 32 heavy (non-hydrogen) atoms. The van der Waals surface area contributed by atoms with E-state index in [9.17, 15) is 30.8 Å². The molecule has 0 amide bonds. The molecule has 0 N–H and O–H groups in total. The van der Waals surface area contributed by atoms with Crippen LogP contribution in [0.5, 0.6) is 5.75 Å². The first-order chi connectivity index (χ1) is 14.9. The summed E-state index contributed by atoms with van der Waals surface area (Å²) >= 11 is 0. The summed E-state index contributed by atoms with van der Waals surface area (Å²) in [5.74, 6) is -1.37. The van der Waals surface area contributed by atoms with E-state index in [1.807, 2.05) is 0 Å². The number of carbonyl (C=O) groups is 1. The van der Waals surface area contributed by atoms with Gasteiger partial charge in [-0.25, -0.2) is 4.39 Å². The summed E-state index contributed by atoms with van der Waals surface area (Å²) in [5.41, 5.74) is -2.68. The third-order valence-corrected chi connectivity index (χ3v) is 5.81. The summed E-state index contributed by atoms with van der Waals surface area (Å²) in [7, 11) is -5.76. The summed E-state index contributed by atoms with van der Waals surface area (Å²) in [5, 5.41) is 1.36. The minimum Gasteiger partial charge on any atom is -0.461 e. The molecule has 0 radical (unpaired) electrons. The Morgan fingerprint density at radius 1 is 1.03 bits per heavy atom. The molecular formula is C22H18F4O5S. The van der Waals surface area contributed by atoms with Crippen molar-refractivity contribution < 1.29 is 39.7 Å². The van der Waals surface area contributed by atoms with Gasteiger partial charge in [0, 0.05) is 6.92 Å². The average molecular weight is 470 g/mol. The lowest BCUT2D eigenvalue weighted by Gasteiger charge is -2.16. The second kappa shape index (κ2) is 8.78. The van der Waals surface area contributed by atoms with Crippen molar-refractivity contribution in [3.8, 4) is 5.75 Å². The maximum atomic E-state index is 13.9. The van der Waals surface area contributed by atoms with E-state index in [0.717, 1.165) is 34.2 Å². The number of fused-ring (bicyclic) bond motifs is 1. The third kappa shape index (κ3) is 5.18. The normalized spacial score (nSPS) is 12.1. The third-order valence-electron chi connectivity index (χ3n) is 4.83. The smallest absolute Gasteiger partial charge is 0.461 e. The van der Waals surface area contributed by atoms with E-state index in [4.69, 9.17) is 4.74 Å². The molecule has 0 fully saturated rings. The van der Waals surface area contributed by atoms with E-state index in [2.05, 4.69) is 4.18 Å². The van der Waals surface area contributed by atoms with Crippen molar-refractivity contribution in [3.05, 3.63) is 76.6 Å². The van der Waals surface area contributed by atoms with E-state index in [1.165, 1.54) is 31.2 Å². The van der Waals surface area contributed by atoms with E-state index in [1.54, 1.807) is 19.1 Å². The maximum Gasteiger partial charge on any atom is 0.534 e. The Balaban J connectivity index is 1.96. The van der Waals surface area contributed by atoms with Gasteiger partial charge in [0.25, 0.3) is 0 Å². The molecule has 0 aliphatic rings. The Morgan fingerprint density at radius 2 is 1.69 bits per heavy atom. The van der Waals surface area contributed by atoms with Gasteiger partial charge >= 0.3 is 21.6 Å². The molecule has 5 nitrogen and oxygen atoms in total. The number of hydrogen-bond acceptors (Lipinski definition) is 5. The second-order valence-corrected chi connectivity index (χ2v) is 8.63. The van der Waals surface area contributed by atoms with Crippen LogP contribution in [0.2, 0.25) is 0 Å². The minimum atomic E-state index is -5.76. The van der Waals surface area contributed by atoms with Gasteiger partial charge in [0.05, 0.1) is 0 Å². The molecule has 3 aromatic rings. The van der Waals surface area contributed by atoms with Crippen LogP contribution < -0.4 is 4.18 Å². The standard InChI is InChI=1S/C22H18F4O5S/c1-13-17(12-30-14(2)27)10-16-5-6-18(23)11-21(16)20(13)9-15-3-7-19(8-4-15)31-32(28,29)22(24,25)26/h3-8,10-11H,9,12H2,1-2H3. The lowest BCUT2D eigenvalue weighted by atomic mass is 9.91. The van der Waals surface area contributed by atoms with Gasteiger partial charge < -0.3 is 8.92 Å². The average Bonchev–Trinajstić information content (AvgIpc) is 2.69. The molecule has 170 valence electrons. The number of carbonyl (C=O) groups excluding carboxylic acids is 1. The van der Waals surface area contributed by atoms with Gasteiger partial charge in [-0.2, -0.15) is 21.6 Å². The first-order valence-corrected chi connectivity index (χ1v) is 10.7. The first-order valence-electron chi connectivity index (χ1n) is 9.31. The zero-order chi connectivity index (χ0) is 23.7. The van der Waals surface area contributed by atoms with Crippen LogP contribution in [0.15, 0.2) is 48.5 Å². The van der Waals surface area contributed by atoms with Gasteiger partial charge in [0.15, 0.2) is 0 Å². The molecule has 0 aromatic heterocycles. The fraction of sp³-hybridized carbons (Fsp3) is 0.227. The number of halogens is 4. The van der Waals surface area contributed by atoms with Gasteiger partial charge in [-0.3, -0.25) is 4.79 Å². The summed E-state index contributed by atoms with van der Waals surface area (Å²) in [6.07, 6.45) is 0.270. The van der Waals surface area contributed by atoms with Crippen molar-refractivity contribution in [1.29, 1.82) is 0 Å². The van der Waals surface area contributed by atoms with Crippen LogP contribution in [0.1, 0.15) is 29.2 Å². The minimum absolute atomic E-state index is 0.0313. The number of ether oxygens (including phenoxy) is 1. The predicted octanol–water partition coefficient (Wildman–Crippen LogP) is 5.17. The Kier molecular flexibility index (Phi) is 6.45. The van der Waals surface area contributed by atoms with E-state index >= 15 is 0 Å². The summed E-state index contributed by atoms with van der Waals surface area (Å²) in [6.45, 7) is 3.12. The SMILES string of the molecule is CC(=O)OCc1cc2ccc(F)cc2c(Cc2ccc(OS(=O)(=O)C(F)(F)F)cc2)c1C. The van der Waals surface area contributed by atoms with Crippen LogP contribution >= 0.6 is 0 Å². The van der Waals surface area contributed by atoms with Gasteiger partial charge in [-0.05, 0) is 76.7 Å². The summed E-state index contributed by atoms with van der Waals surface area (Å²) in [6, 6.07) is 11.2. The lowest BCUT2D eigenvalue weighted by molar-refractivity contribution is -0.142. The molecule has 3 aromatic carbocycles. The fourth-order valence-corrected chi connectivity index (χ4v) is 3.66. The molecule has 0 aliphatic carbocycles. The van der Waals surface area contributed by atoms with E-state index in [-0.39, 0.29) is 13.0 Å². The Labute approximate surface area is 181 Å². The topological polar surface area (TPSA) is 69.7 Å². The van der Waals surface area contributed by atoms with Crippen LogP contribution in [-0.2, 0) is 32.7 Å². The Morgan fingerprint density at radius 3 is 2.28 bits per heavy atom. The highest BCUT2D eigenvalue weighted by atomic mass is 32.2. The Bertz CT molecular complexity index is 1270. The van der Waals surface area contributed by atoms with E-state index in [0.29, 0.717) is 10.9 Å². The van der Waals surface area contributed by atoms with Crippen LogP contribution in [0.3, 0.4) is 0 Å². The van der Waals surface area contributed by atoms with Crippen LogP contribution in [0.25, 0.3) is 10.8 Å². The summed E-state index contributed by atoms with van der Waals surface area (Å²) < 4.78 is 82.9. The number of esters is 1. The highest BCUT2D eigenvalue weighted by Gasteiger charge is 2.48. The Hall–Kier alpha value is -3.14. The zero-order valence-corrected chi connectivity index (χ0v) is 17.8. The van der Waals surface area contributed by atoms with Crippen LogP contribution in [-0.4, -0.2) is 19.9 Å². The van der Waals surface area contributed by atoms with E-state index < -0.39 is 33.2 Å². The van der Waals surface area contributed by atoms with Crippen molar-refractivity contribution in [2.75, 3.05) is 0 Å². The van der Waals surface area contributed by atoms with Crippen molar-refractivity contribution >= 4 is 26.9 Å². The number of hydrogen-bond donors (Lipinski definition) is 0. The quantitative estimate of drug-likeness (QED) is 0.215.